The van der Waals surface area contributed by atoms with Gasteiger partial charge in [0, 0.05) is 20.1 Å². The Balaban J connectivity index is 3.77. The van der Waals surface area contributed by atoms with Gasteiger partial charge >= 0.3 is 6.03 Å². The maximum Gasteiger partial charge on any atom is 0.317 e. The topological polar surface area (TPSA) is 32.3 Å². The predicted octanol–water partition coefficient (Wildman–Crippen LogP) is 1.84. The van der Waals surface area contributed by atoms with Crippen LogP contribution in [0.1, 0.15) is 33.1 Å². The van der Waals surface area contributed by atoms with Crippen molar-refractivity contribution in [2.24, 2.45) is 0 Å². The zero-order chi connectivity index (χ0) is 9.56. The summed E-state index contributed by atoms with van der Waals surface area (Å²) in [4.78, 5) is 12.8. The average molecular weight is 172 g/mol. The van der Waals surface area contributed by atoms with Gasteiger partial charge in [-0.3, -0.25) is 0 Å². The lowest BCUT2D eigenvalue weighted by Crippen LogP contribution is -2.41. The van der Waals surface area contributed by atoms with E-state index in [0.29, 0.717) is 6.04 Å². The van der Waals surface area contributed by atoms with E-state index >= 15 is 0 Å². The lowest BCUT2D eigenvalue weighted by molar-refractivity contribution is 0.212. The van der Waals surface area contributed by atoms with E-state index in [1.165, 1.54) is 0 Å². The molecule has 0 aromatic carbocycles. The number of amides is 2. The van der Waals surface area contributed by atoms with Crippen LogP contribution in [-0.4, -0.2) is 31.1 Å². The van der Waals surface area contributed by atoms with Crippen LogP contribution in [0.4, 0.5) is 4.79 Å². The third kappa shape index (κ3) is 4.21. The molecule has 1 N–H and O–H groups in total. The largest absolute Gasteiger partial charge is 0.335 e. The Kier molecular flexibility index (Phi) is 5.51. The summed E-state index contributed by atoms with van der Waals surface area (Å²) in [5.74, 6) is 0. The van der Waals surface area contributed by atoms with Crippen molar-refractivity contribution in [3.8, 4) is 0 Å². The molecule has 2 amide bonds. The molecule has 0 rings (SSSR count). The SMILES string of the molecule is CCCC(CC)NC(=O)N(C)C. The molecular weight excluding hydrogens is 152 g/mol. The third-order valence-electron chi connectivity index (χ3n) is 1.86. The van der Waals surface area contributed by atoms with Crippen LogP contribution in [0, 0.1) is 0 Å². The van der Waals surface area contributed by atoms with Gasteiger partial charge in [-0.25, -0.2) is 4.79 Å². The lowest BCUT2D eigenvalue weighted by Gasteiger charge is -2.19. The summed E-state index contributed by atoms with van der Waals surface area (Å²) in [6.45, 7) is 4.22. The fourth-order valence-electron chi connectivity index (χ4n) is 1.03. The van der Waals surface area contributed by atoms with Crippen molar-refractivity contribution in [2.75, 3.05) is 14.1 Å². The molecule has 0 fully saturated rings. The molecule has 12 heavy (non-hydrogen) atoms. The first-order chi connectivity index (χ1) is 5.61. The zero-order valence-electron chi connectivity index (χ0n) is 8.55. The van der Waals surface area contributed by atoms with Crippen LogP contribution in [-0.2, 0) is 0 Å². The van der Waals surface area contributed by atoms with E-state index in [4.69, 9.17) is 0 Å². The van der Waals surface area contributed by atoms with Crippen molar-refractivity contribution >= 4 is 6.03 Å². The first-order valence-electron chi connectivity index (χ1n) is 4.59. The van der Waals surface area contributed by atoms with Gasteiger partial charge in [-0.15, -0.1) is 0 Å². The van der Waals surface area contributed by atoms with Gasteiger partial charge in [0.15, 0.2) is 0 Å². The van der Waals surface area contributed by atoms with Crippen LogP contribution in [0.3, 0.4) is 0 Å². The maximum absolute atomic E-state index is 11.2. The van der Waals surface area contributed by atoms with Crippen molar-refractivity contribution in [3.05, 3.63) is 0 Å². The fraction of sp³-hybridized carbons (Fsp3) is 0.889. The second-order valence-electron chi connectivity index (χ2n) is 3.24. The minimum atomic E-state index is 0.00954. The van der Waals surface area contributed by atoms with Gasteiger partial charge in [-0.05, 0) is 12.8 Å². The second kappa shape index (κ2) is 5.86. The van der Waals surface area contributed by atoms with Crippen molar-refractivity contribution < 1.29 is 4.79 Å². The van der Waals surface area contributed by atoms with Gasteiger partial charge < -0.3 is 10.2 Å². The van der Waals surface area contributed by atoms with Crippen molar-refractivity contribution in [3.63, 3.8) is 0 Å². The quantitative estimate of drug-likeness (QED) is 0.689. The third-order valence-corrected chi connectivity index (χ3v) is 1.86. The summed E-state index contributed by atoms with van der Waals surface area (Å²) in [5.41, 5.74) is 0. The van der Waals surface area contributed by atoms with E-state index < -0.39 is 0 Å². The van der Waals surface area contributed by atoms with E-state index in [1.54, 1.807) is 19.0 Å². The molecule has 3 heteroatoms. The van der Waals surface area contributed by atoms with E-state index in [1.807, 2.05) is 0 Å². The molecule has 0 aromatic rings. The smallest absolute Gasteiger partial charge is 0.317 e. The van der Waals surface area contributed by atoms with Crippen molar-refractivity contribution in [1.29, 1.82) is 0 Å². The Bertz CT molecular complexity index is 134. The Morgan fingerprint density at radius 2 is 2.00 bits per heavy atom. The van der Waals surface area contributed by atoms with Gasteiger partial charge in [-0.1, -0.05) is 20.3 Å². The van der Waals surface area contributed by atoms with E-state index in [-0.39, 0.29) is 6.03 Å². The normalized spacial score (nSPS) is 12.3. The van der Waals surface area contributed by atoms with Gasteiger partial charge in [0.25, 0.3) is 0 Å². The molecule has 0 radical (unpaired) electrons. The Morgan fingerprint density at radius 1 is 1.42 bits per heavy atom. The number of hydrogen-bond acceptors (Lipinski definition) is 1. The van der Waals surface area contributed by atoms with E-state index in [0.717, 1.165) is 19.3 Å². The van der Waals surface area contributed by atoms with Crippen LogP contribution in [0.5, 0.6) is 0 Å². The van der Waals surface area contributed by atoms with Gasteiger partial charge in [0.05, 0.1) is 0 Å². The highest BCUT2D eigenvalue weighted by atomic mass is 16.2. The van der Waals surface area contributed by atoms with Crippen molar-refractivity contribution in [1.82, 2.24) is 10.2 Å². The molecule has 0 aliphatic heterocycles. The van der Waals surface area contributed by atoms with E-state index in [2.05, 4.69) is 19.2 Å². The fourth-order valence-corrected chi connectivity index (χ4v) is 1.03. The summed E-state index contributed by atoms with van der Waals surface area (Å²) >= 11 is 0. The van der Waals surface area contributed by atoms with E-state index in [9.17, 15) is 4.79 Å². The average Bonchev–Trinajstić information content (AvgIpc) is 2.03. The molecule has 0 aliphatic carbocycles. The lowest BCUT2D eigenvalue weighted by atomic mass is 10.1. The van der Waals surface area contributed by atoms with Gasteiger partial charge in [0.2, 0.25) is 0 Å². The Morgan fingerprint density at radius 3 is 2.33 bits per heavy atom. The molecular formula is C9H20N2O. The first kappa shape index (κ1) is 11.3. The number of urea groups is 1. The molecule has 0 spiro atoms. The summed E-state index contributed by atoms with van der Waals surface area (Å²) in [5, 5.41) is 2.95. The highest BCUT2D eigenvalue weighted by Gasteiger charge is 2.09. The molecule has 0 heterocycles. The summed E-state index contributed by atoms with van der Waals surface area (Å²) < 4.78 is 0. The molecule has 1 atom stereocenters. The van der Waals surface area contributed by atoms with Crippen LogP contribution in [0.15, 0.2) is 0 Å². The maximum atomic E-state index is 11.2. The highest BCUT2D eigenvalue weighted by Crippen LogP contribution is 2.00. The zero-order valence-corrected chi connectivity index (χ0v) is 8.55. The number of hydrogen-bond donors (Lipinski definition) is 1. The number of carbonyl (C=O) groups excluding carboxylic acids is 1. The van der Waals surface area contributed by atoms with Gasteiger partial charge in [-0.2, -0.15) is 0 Å². The van der Waals surface area contributed by atoms with Crippen LogP contribution < -0.4 is 5.32 Å². The molecule has 0 saturated heterocycles. The van der Waals surface area contributed by atoms with Gasteiger partial charge in [0.1, 0.15) is 0 Å². The van der Waals surface area contributed by atoms with Crippen LogP contribution >= 0.6 is 0 Å². The second-order valence-corrected chi connectivity index (χ2v) is 3.24. The predicted molar refractivity (Wildman–Crippen MR) is 51.2 cm³/mol. The standard InChI is InChI=1S/C9H20N2O/c1-5-7-8(6-2)10-9(12)11(3)4/h8H,5-7H2,1-4H3,(H,10,12). The van der Waals surface area contributed by atoms with Crippen LogP contribution in [0.2, 0.25) is 0 Å². The minimum Gasteiger partial charge on any atom is -0.335 e. The number of nitrogens with zero attached hydrogens (tertiary/aromatic N) is 1. The molecule has 0 aromatic heterocycles. The van der Waals surface area contributed by atoms with Crippen molar-refractivity contribution in [2.45, 2.75) is 39.2 Å². The Hall–Kier alpha value is -0.730. The summed E-state index contributed by atoms with van der Waals surface area (Å²) in [6, 6.07) is 0.347. The molecule has 0 aliphatic rings. The summed E-state index contributed by atoms with van der Waals surface area (Å²) in [6.07, 6.45) is 3.19. The minimum absolute atomic E-state index is 0.00954. The molecule has 0 saturated carbocycles. The number of rotatable bonds is 4. The molecule has 3 nitrogen and oxygen atoms in total. The molecule has 1 unspecified atom stereocenters. The number of nitrogens with one attached hydrogen (secondary N) is 1. The monoisotopic (exact) mass is 172 g/mol. The molecule has 72 valence electrons. The summed E-state index contributed by atoms with van der Waals surface area (Å²) in [7, 11) is 3.52. The Labute approximate surface area is 75.1 Å². The van der Waals surface area contributed by atoms with Crippen LogP contribution in [0.25, 0.3) is 0 Å². The molecule has 0 bridgehead atoms. The number of carbonyl (C=O) groups is 1. The highest BCUT2D eigenvalue weighted by molar-refractivity contribution is 5.73. The first-order valence-corrected chi connectivity index (χ1v) is 4.59.